The van der Waals surface area contributed by atoms with Crippen LogP contribution in [0.25, 0.3) is 0 Å². The first-order valence-electron chi connectivity index (χ1n) is 1.48. The fourth-order valence-corrected chi connectivity index (χ4v) is 0.245. The molecular formula is C2H7N2P. The number of hydrogen-bond acceptors (Lipinski definition) is 1. The van der Waals surface area contributed by atoms with Crippen LogP contribution in [0.5, 0.6) is 0 Å². The third-order valence-electron chi connectivity index (χ3n) is 0.223. The maximum Gasteiger partial charge on any atom is 0.0873 e. The minimum atomic E-state index is 0.655. The van der Waals surface area contributed by atoms with Crippen molar-refractivity contribution in [2.45, 2.75) is 6.92 Å². The van der Waals surface area contributed by atoms with Crippen molar-refractivity contribution in [3.8, 4) is 0 Å². The van der Waals surface area contributed by atoms with Crippen molar-refractivity contribution in [3.63, 3.8) is 0 Å². The van der Waals surface area contributed by atoms with E-state index >= 15 is 0 Å². The molecule has 0 unspecified atom stereocenters. The molecule has 3 heteroatoms. The lowest BCUT2D eigenvalue weighted by Gasteiger charge is -1.66. The molecule has 0 spiro atoms. The topological polar surface area (TPSA) is 38.4 Å². The zero-order valence-electron chi connectivity index (χ0n) is 3.18. The summed E-state index contributed by atoms with van der Waals surface area (Å²) in [5.41, 5.74) is 4.94. The second-order valence-electron chi connectivity index (χ2n) is 0.573. The average Bonchev–Trinajstić information content (AvgIpc) is 1.41. The van der Waals surface area contributed by atoms with Crippen molar-refractivity contribution >= 4 is 8.52 Å². The van der Waals surface area contributed by atoms with E-state index < -0.39 is 0 Å². The monoisotopic (exact) mass is 90.0 g/mol. The minimum Gasteiger partial charge on any atom is -0.269 e. The Morgan fingerprint density at radius 2 is 2.60 bits per heavy atom. The molecular weight excluding hydrogens is 83.0 g/mol. The Balaban J connectivity index is 2.62. The molecule has 30 valence electrons. The minimum absolute atomic E-state index is 0.655. The van der Waals surface area contributed by atoms with E-state index in [2.05, 4.69) is 4.74 Å². The first kappa shape index (κ1) is 5.06. The summed E-state index contributed by atoms with van der Waals surface area (Å²) in [6.45, 7) is 2.79. The van der Waals surface area contributed by atoms with Crippen LogP contribution in [0.1, 0.15) is 6.92 Å². The zero-order valence-corrected chi connectivity index (χ0v) is 4.07. The van der Waals surface area contributed by atoms with Gasteiger partial charge in [-0.05, 0) is 6.92 Å². The van der Waals surface area contributed by atoms with Crippen LogP contribution in [0.15, 0.2) is 4.74 Å². The average molecular weight is 90.1 g/mol. The van der Waals surface area contributed by atoms with Gasteiger partial charge in [-0.3, -0.25) is 10.2 Å². The van der Waals surface area contributed by atoms with Gasteiger partial charge in [-0.15, -0.1) is 0 Å². The Bertz CT molecular complexity index is 34.6. The molecule has 0 aromatic carbocycles. The summed E-state index contributed by atoms with van der Waals surface area (Å²) in [5, 5.41) is 0. The fraction of sp³-hybridized carbons (Fsp3) is 1.00. The Morgan fingerprint density at radius 3 is 2.60 bits per heavy atom. The molecule has 5 heavy (non-hydrogen) atoms. The van der Waals surface area contributed by atoms with E-state index in [1.54, 1.807) is 0 Å². The summed E-state index contributed by atoms with van der Waals surface area (Å²) < 4.78 is 3.72. The Hall–Kier alpha value is 0.0600. The van der Waals surface area contributed by atoms with E-state index in [0.29, 0.717) is 8.52 Å². The lowest BCUT2D eigenvalue weighted by atomic mass is 10.8. The van der Waals surface area contributed by atoms with Crippen molar-refractivity contribution < 1.29 is 0 Å². The van der Waals surface area contributed by atoms with Crippen molar-refractivity contribution in [2.24, 2.45) is 10.2 Å². The Morgan fingerprint density at radius 1 is 2.00 bits per heavy atom. The molecule has 0 aromatic rings. The van der Waals surface area contributed by atoms with E-state index in [1.165, 1.54) is 0 Å². The molecule has 0 aromatic heterocycles. The molecule has 0 amide bonds. The van der Waals surface area contributed by atoms with E-state index in [0.717, 1.165) is 6.54 Å². The summed E-state index contributed by atoms with van der Waals surface area (Å²) in [6.07, 6.45) is 0. The molecule has 0 saturated carbocycles. The van der Waals surface area contributed by atoms with Crippen molar-refractivity contribution in [2.75, 3.05) is 6.54 Å². The highest BCUT2D eigenvalue weighted by Crippen LogP contribution is 1.79. The molecule has 0 rings (SSSR count). The van der Waals surface area contributed by atoms with Crippen LogP contribution in [0.4, 0.5) is 0 Å². The molecule has 0 aliphatic heterocycles. The Labute approximate surface area is 33.3 Å². The predicted molar refractivity (Wildman–Crippen MR) is 24.1 cm³/mol. The highest BCUT2D eigenvalue weighted by Gasteiger charge is 1.52. The predicted octanol–water partition coefficient (Wildman–Crippen LogP) is 1.01. The van der Waals surface area contributed by atoms with Crippen molar-refractivity contribution in [3.05, 3.63) is 0 Å². The fourth-order valence-electron chi connectivity index (χ4n) is 0.0816. The normalized spacial score (nSPS) is 10.0. The second kappa shape index (κ2) is 4.06. The lowest BCUT2D eigenvalue weighted by molar-refractivity contribution is 1.16. The van der Waals surface area contributed by atoms with Gasteiger partial charge in [-0.1, -0.05) is 0 Å². The van der Waals surface area contributed by atoms with Gasteiger partial charge < -0.3 is 0 Å². The van der Waals surface area contributed by atoms with Crippen LogP contribution in [-0.2, 0) is 0 Å². The largest absolute Gasteiger partial charge is 0.269 e. The molecule has 0 bridgehead atoms. The number of rotatable bonds is 1. The first-order valence-corrected chi connectivity index (χ1v) is 2.40. The molecule has 0 aliphatic rings. The maximum absolute atomic E-state index is 4.94. The van der Waals surface area contributed by atoms with Crippen LogP contribution in [0.3, 0.4) is 0 Å². The van der Waals surface area contributed by atoms with E-state index in [1.807, 2.05) is 6.92 Å². The van der Waals surface area contributed by atoms with Crippen LogP contribution in [-0.4, -0.2) is 6.54 Å². The van der Waals surface area contributed by atoms with Gasteiger partial charge in [0.25, 0.3) is 0 Å². The third-order valence-corrected chi connectivity index (χ3v) is 0.669. The van der Waals surface area contributed by atoms with Gasteiger partial charge in [0.2, 0.25) is 0 Å². The van der Waals surface area contributed by atoms with Gasteiger partial charge in [0.05, 0.1) is 8.52 Å². The molecule has 0 radical (unpaired) electrons. The molecule has 2 N–H and O–H groups in total. The molecule has 2 nitrogen and oxygen atoms in total. The van der Waals surface area contributed by atoms with Gasteiger partial charge >= 0.3 is 0 Å². The van der Waals surface area contributed by atoms with Crippen LogP contribution in [0.2, 0.25) is 0 Å². The highest BCUT2D eigenvalue weighted by molar-refractivity contribution is 7.23. The SMILES string of the molecule is CCN=PN. The van der Waals surface area contributed by atoms with Gasteiger partial charge in [-0.2, -0.15) is 0 Å². The highest BCUT2D eigenvalue weighted by atomic mass is 31.1. The van der Waals surface area contributed by atoms with Gasteiger partial charge in [0.15, 0.2) is 0 Å². The zero-order chi connectivity index (χ0) is 4.12. The summed E-state index contributed by atoms with van der Waals surface area (Å²) in [5.74, 6) is 0. The van der Waals surface area contributed by atoms with E-state index in [9.17, 15) is 0 Å². The van der Waals surface area contributed by atoms with Crippen molar-refractivity contribution in [1.82, 2.24) is 0 Å². The standard InChI is InChI=1S/C2H7N2P/c1-2-4-5-3/h2H2,1H3,(H2,3,4). The van der Waals surface area contributed by atoms with Crippen LogP contribution in [0, 0.1) is 0 Å². The second-order valence-corrected chi connectivity index (χ2v) is 1.09. The molecule has 0 atom stereocenters. The van der Waals surface area contributed by atoms with Gasteiger partial charge in [0, 0.05) is 6.54 Å². The van der Waals surface area contributed by atoms with Gasteiger partial charge in [-0.25, -0.2) is 0 Å². The first-order chi connectivity index (χ1) is 2.41. The molecule has 0 fully saturated rings. The molecule has 0 heterocycles. The maximum atomic E-state index is 4.94. The Kier molecular flexibility index (Phi) is 4.11. The number of nitrogens with zero attached hydrogens (tertiary/aromatic N) is 1. The smallest absolute Gasteiger partial charge is 0.0873 e. The molecule has 0 saturated heterocycles. The molecule has 0 aliphatic carbocycles. The number of hydrogen-bond donors (Lipinski definition) is 1. The number of nitrogens with two attached hydrogens (primary N) is 1. The summed E-state index contributed by atoms with van der Waals surface area (Å²) in [4.78, 5) is 0. The lowest BCUT2D eigenvalue weighted by Crippen LogP contribution is -1.62. The summed E-state index contributed by atoms with van der Waals surface area (Å²) >= 11 is 0. The van der Waals surface area contributed by atoms with Crippen LogP contribution >= 0.6 is 8.52 Å². The van der Waals surface area contributed by atoms with E-state index in [4.69, 9.17) is 5.50 Å². The summed E-state index contributed by atoms with van der Waals surface area (Å²) in [7, 11) is 0.655. The van der Waals surface area contributed by atoms with Gasteiger partial charge in [0.1, 0.15) is 0 Å². The van der Waals surface area contributed by atoms with Crippen molar-refractivity contribution in [1.29, 1.82) is 0 Å². The van der Waals surface area contributed by atoms with Crippen LogP contribution < -0.4 is 5.50 Å². The quantitative estimate of drug-likeness (QED) is 0.479. The third kappa shape index (κ3) is 4.06. The summed E-state index contributed by atoms with van der Waals surface area (Å²) in [6, 6.07) is 0. The van der Waals surface area contributed by atoms with E-state index in [-0.39, 0.29) is 0 Å².